The molecule has 3 aromatic rings. The van der Waals surface area contributed by atoms with Crippen molar-refractivity contribution in [3.8, 4) is 16.9 Å². The molecule has 0 unspecified atom stereocenters. The predicted molar refractivity (Wildman–Crippen MR) is 117 cm³/mol. The highest BCUT2D eigenvalue weighted by molar-refractivity contribution is 6.43. The van der Waals surface area contributed by atoms with Crippen molar-refractivity contribution >= 4 is 17.2 Å². The highest BCUT2D eigenvalue weighted by Crippen LogP contribution is 2.30. The highest BCUT2D eigenvalue weighted by atomic mass is 16.5. The van der Waals surface area contributed by atoms with Crippen molar-refractivity contribution in [1.82, 2.24) is 14.2 Å². The Morgan fingerprint density at radius 3 is 2.37 bits per heavy atom. The maximum Gasteiger partial charge on any atom is 0.296 e. The van der Waals surface area contributed by atoms with E-state index in [2.05, 4.69) is 11.8 Å². The summed E-state index contributed by atoms with van der Waals surface area (Å²) in [6.07, 6.45) is 1.84. The molecule has 1 aromatic carbocycles. The lowest BCUT2D eigenvalue weighted by molar-refractivity contribution is -0.128. The number of Topliss-reactive ketones (excluding diaryl/α,β-unsaturated/α-hetero) is 1. The lowest BCUT2D eigenvalue weighted by atomic mass is 10.0. The first-order valence-corrected chi connectivity index (χ1v) is 10.5. The Morgan fingerprint density at radius 2 is 1.70 bits per heavy atom. The van der Waals surface area contributed by atoms with Crippen molar-refractivity contribution < 1.29 is 14.3 Å². The third kappa shape index (κ3) is 3.83. The van der Waals surface area contributed by atoms with E-state index in [1.807, 2.05) is 66.1 Å². The van der Waals surface area contributed by atoms with Crippen molar-refractivity contribution in [2.45, 2.75) is 13.8 Å². The summed E-state index contributed by atoms with van der Waals surface area (Å²) < 4.78 is 7.35. The van der Waals surface area contributed by atoms with E-state index in [4.69, 9.17) is 4.74 Å². The minimum absolute atomic E-state index is 0.415. The number of aromatic nitrogens is 1. The Balaban J connectivity index is 1.69. The van der Waals surface area contributed by atoms with Crippen LogP contribution < -0.4 is 4.74 Å². The van der Waals surface area contributed by atoms with Gasteiger partial charge in [0.25, 0.3) is 11.7 Å². The molecule has 1 aliphatic heterocycles. The van der Waals surface area contributed by atoms with E-state index in [1.165, 1.54) is 0 Å². The number of ketones is 1. The number of nitrogens with zero attached hydrogens (tertiary/aromatic N) is 3. The Kier molecular flexibility index (Phi) is 5.86. The van der Waals surface area contributed by atoms with Crippen LogP contribution >= 0.6 is 0 Å². The molecule has 0 radical (unpaired) electrons. The van der Waals surface area contributed by atoms with E-state index >= 15 is 0 Å². The van der Waals surface area contributed by atoms with E-state index < -0.39 is 11.7 Å². The SMILES string of the molecule is CCOc1ccc(-c2cc3ccccn3c2C(=O)C(=O)N2CCN(CC)CC2)cc1. The van der Waals surface area contributed by atoms with E-state index in [1.54, 1.807) is 4.90 Å². The number of likely N-dealkylation sites (N-methyl/N-ethyl adjacent to an activating group) is 1. The minimum Gasteiger partial charge on any atom is -0.494 e. The van der Waals surface area contributed by atoms with Crippen LogP contribution in [0.3, 0.4) is 0 Å². The number of carbonyl (C=O) groups excluding carboxylic acids is 2. The second kappa shape index (κ2) is 8.71. The number of fused-ring (bicyclic) bond motifs is 1. The van der Waals surface area contributed by atoms with E-state index in [0.717, 1.165) is 42.0 Å². The molecule has 6 nitrogen and oxygen atoms in total. The van der Waals surface area contributed by atoms with E-state index in [9.17, 15) is 9.59 Å². The van der Waals surface area contributed by atoms with Gasteiger partial charge in [-0.1, -0.05) is 25.1 Å². The van der Waals surface area contributed by atoms with Gasteiger partial charge in [-0.15, -0.1) is 0 Å². The molecule has 1 fully saturated rings. The summed E-state index contributed by atoms with van der Waals surface area (Å²) in [7, 11) is 0. The molecule has 3 heterocycles. The number of hydrogen-bond acceptors (Lipinski definition) is 4. The normalized spacial score (nSPS) is 14.8. The Morgan fingerprint density at radius 1 is 0.967 bits per heavy atom. The van der Waals surface area contributed by atoms with Gasteiger partial charge in [0.05, 0.1) is 6.61 Å². The van der Waals surface area contributed by atoms with Crippen molar-refractivity contribution in [2.75, 3.05) is 39.3 Å². The maximum atomic E-state index is 13.4. The largest absolute Gasteiger partial charge is 0.494 e. The van der Waals surface area contributed by atoms with Gasteiger partial charge in [0.2, 0.25) is 0 Å². The van der Waals surface area contributed by atoms with Crippen LogP contribution in [0.4, 0.5) is 0 Å². The predicted octanol–water partition coefficient (Wildman–Crippen LogP) is 3.35. The number of amides is 1. The first-order valence-electron chi connectivity index (χ1n) is 10.5. The van der Waals surface area contributed by atoms with Crippen molar-refractivity contribution in [1.29, 1.82) is 0 Å². The second-order valence-corrected chi connectivity index (χ2v) is 7.42. The molecule has 0 bridgehead atoms. The van der Waals surface area contributed by atoms with E-state index in [-0.39, 0.29) is 0 Å². The van der Waals surface area contributed by atoms with Gasteiger partial charge in [0.1, 0.15) is 11.4 Å². The van der Waals surface area contributed by atoms with Gasteiger partial charge in [-0.2, -0.15) is 0 Å². The fourth-order valence-corrected chi connectivity index (χ4v) is 3.98. The molecular formula is C24H27N3O3. The van der Waals surface area contributed by atoms with Crippen molar-refractivity contribution in [2.24, 2.45) is 0 Å². The molecule has 0 aliphatic carbocycles. The molecule has 1 amide bonds. The lowest BCUT2D eigenvalue weighted by Gasteiger charge is -2.33. The van der Waals surface area contributed by atoms with Gasteiger partial charge in [0, 0.05) is 43.5 Å². The number of piperazine rings is 1. The maximum absolute atomic E-state index is 13.4. The molecule has 30 heavy (non-hydrogen) atoms. The quantitative estimate of drug-likeness (QED) is 0.466. The van der Waals surface area contributed by atoms with Gasteiger partial charge >= 0.3 is 0 Å². The smallest absolute Gasteiger partial charge is 0.296 e. The summed E-state index contributed by atoms with van der Waals surface area (Å²) in [6.45, 7) is 8.38. The lowest BCUT2D eigenvalue weighted by Crippen LogP contribution is -2.50. The molecule has 0 atom stereocenters. The molecule has 156 valence electrons. The van der Waals surface area contributed by atoms with Gasteiger partial charge in [-0.05, 0) is 49.4 Å². The highest BCUT2D eigenvalue weighted by Gasteiger charge is 2.30. The van der Waals surface area contributed by atoms with Crippen LogP contribution in [-0.2, 0) is 4.79 Å². The average molecular weight is 405 g/mol. The standard InChI is InChI=1S/C24H27N3O3/c1-3-25-13-15-26(16-14-25)24(29)23(28)22-21(17-19-7-5-6-12-27(19)22)18-8-10-20(11-9-18)30-4-2/h5-12,17H,3-4,13-16H2,1-2H3. The first kappa shape index (κ1) is 20.2. The minimum atomic E-state index is -0.463. The van der Waals surface area contributed by atoms with Crippen LogP contribution in [-0.4, -0.2) is 65.2 Å². The van der Waals surface area contributed by atoms with Crippen LogP contribution in [0, 0.1) is 0 Å². The Hall–Kier alpha value is -3.12. The van der Waals surface area contributed by atoms with E-state index in [0.29, 0.717) is 25.4 Å². The number of carbonyl (C=O) groups is 2. The monoisotopic (exact) mass is 405 g/mol. The van der Waals surface area contributed by atoms with Crippen LogP contribution in [0.15, 0.2) is 54.7 Å². The Labute approximate surface area is 176 Å². The average Bonchev–Trinajstić information content (AvgIpc) is 3.18. The van der Waals surface area contributed by atoms with Gasteiger partial charge in [-0.25, -0.2) is 0 Å². The summed E-state index contributed by atoms with van der Waals surface area (Å²) in [4.78, 5) is 30.4. The molecule has 1 saturated heterocycles. The zero-order valence-electron chi connectivity index (χ0n) is 17.5. The van der Waals surface area contributed by atoms with Gasteiger partial charge in [-0.3, -0.25) is 9.59 Å². The fraction of sp³-hybridized carbons (Fsp3) is 0.333. The molecule has 2 aromatic heterocycles. The zero-order valence-corrected chi connectivity index (χ0v) is 17.5. The van der Waals surface area contributed by atoms with Crippen LogP contribution in [0.1, 0.15) is 24.3 Å². The molecule has 0 saturated carbocycles. The number of benzene rings is 1. The van der Waals surface area contributed by atoms with Crippen LogP contribution in [0.2, 0.25) is 0 Å². The molecule has 0 N–H and O–H groups in total. The summed E-state index contributed by atoms with van der Waals surface area (Å²) in [5.41, 5.74) is 2.94. The first-order chi connectivity index (χ1) is 14.6. The molecule has 1 aliphatic rings. The van der Waals surface area contributed by atoms with Gasteiger partial charge in [0.15, 0.2) is 0 Å². The molecule has 0 spiro atoms. The van der Waals surface area contributed by atoms with Crippen LogP contribution in [0.25, 0.3) is 16.6 Å². The molecular weight excluding hydrogens is 378 g/mol. The summed E-state index contributed by atoms with van der Waals surface area (Å²) in [5.74, 6) is -0.111. The summed E-state index contributed by atoms with van der Waals surface area (Å²) >= 11 is 0. The topological polar surface area (TPSA) is 54.3 Å². The van der Waals surface area contributed by atoms with Crippen LogP contribution in [0.5, 0.6) is 5.75 Å². The second-order valence-electron chi connectivity index (χ2n) is 7.42. The van der Waals surface area contributed by atoms with Crippen molar-refractivity contribution in [3.05, 3.63) is 60.4 Å². The van der Waals surface area contributed by atoms with Crippen molar-refractivity contribution in [3.63, 3.8) is 0 Å². The number of hydrogen-bond donors (Lipinski definition) is 0. The van der Waals surface area contributed by atoms with Gasteiger partial charge < -0.3 is 18.9 Å². The third-order valence-corrected chi connectivity index (χ3v) is 5.67. The molecule has 4 rings (SSSR count). The summed E-state index contributed by atoms with van der Waals surface area (Å²) in [5, 5.41) is 0. The zero-order chi connectivity index (χ0) is 21.1. The fourth-order valence-electron chi connectivity index (χ4n) is 3.98. The summed E-state index contributed by atoms with van der Waals surface area (Å²) in [6, 6.07) is 15.3. The number of rotatable bonds is 6. The number of pyridine rings is 1. The third-order valence-electron chi connectivity index (χ3n) is 5.67. The molecule has 6 heteroatoms. The number of ether oxygens (including phenoxy) is 1. The Bertz CT molecular complexity index is 1050.